The Morgan fingerprint density at radius 3 is 2.45 bits per heavy atom. The highest BCUT2D eigenvalue weighted by molar-refractivity contribution is 7.25. The van der Waals surface area contributed by atoms with Crippen LogP contribution in [0.2, 0.25) is 0 Å². The van der Waals surface area contributed by atoms with Gasteiger partial charge >= 0.3 is 0 Å². The molecule has 1 nitrogen and oxygen atoms in total. The minimum absolute atomic E-state index is 1.04. The van der Waals surface area contributed by atoms with Crippen LogP contribution in [0.5, 0.6) is 0 Å². The number of thiophene rings is 1. The van der Waals surface area contributed by atoms with Crippen molar-refractivity contribution in [2.24, 2.45) is 0 Å². The van der Waals surface area contributed by atoms with E-state index in [9.17, 15) is 0 Å². The molecule has 0 aliphatic carbocycles. The summed E-state index contributed by atoms with van der Waals surface area (Å²) in [4.78, 5) is 4.23. The van der Waals surface area contributed by atoms with Crippen molar-refractivity contribution in [2.75, 3.05) is 0 Å². The second kappa shape index (κ2) is 5.39. The minimum Gasteiger partial charge on any atom is -0.262 e. The highest BCUT2D eigenvalue weighted by atomic mass is 32.1. The van der Waals surface area contributed by atoms with Crippen molar-refractivity contribution < 1.29 is 0 Å². The summed E-state index contributed by atoms with van der Waals surface area (Å²) in [5.41, 5.74) is 3.45. The topological polar surface area (TPSA) is 12.9 Å². The SMILES string of the molecule is Cc1cc(/C=C/c2ccc3sc4ccccc4c3c2)ccn1. The molecule has 0 radical (unpaired) electrons. The van der Waals surface area contributed by atoms with Gasteiger partial charge in [0.15, 0.2) is 0 Å². The van der Waals surface area contributed by atoms with E-state index in [1.165, 1.54) is 31.3 Å². The molecule has 0 aliphatic heterocycles. The number of aromatic nitrogens is 1. The Kier molecular flexibility index (Phi) is 3.24. The monoisotopic (exact) mass is 301 g/mol. The van der Waals surface area contributed by atoms with Gasteiger partial charge in [0.05, 0.1) is 0 Å². The third-order valence-electron chi connectivity index (χ3n) is 3.79. The first kappa shape index (κ1) is 13.2. The molecular formula is C20H15NS. The number of aryl methyl sites for hydroxylation is 1. The number of hydrogen-bond acceptors (Lipinski definition) is 2. The van der Waals surface area contributed by atoms with Crippen molar-refractivity contribution in [3.8, 4) is 0 Å². The highest BCUT2D eigenvalue weighted by Gasteiger charge is 2.04. The second-order valence-electron chi connectivity index (χ2n) is 5.42. The van der Waals surface area contributed by atoms with E-state index in [1.807, 2.05) is 30.5 Å². The number of fused-ring (bicyclic) bond motifs is 3. The molecule has 0 N–H and O–H groups in total. The summed E-state index contributed by atoms with van der Waals surface area (Å²) in [5.74, 6) is 0. The van der Waals surface area contributed by atoms with Crippen molar-refractivity contribution in [3.05, 3.63) is 77.6 Å². The zero-order valence-electron chi connectivity index (χ0n) is 12.3. The first-order valence-electron chi connectivity index (χ1n) is 7.32. The molecule has 22 heavy (non-hydrogen) atoms. The van der Waals surface area contributed by atoms with Gasteiger partial charge in [-0.2, -0.15) is 0 Å². The van der Waals surface area contributed by atoms with Gasteiger partial charge in [0, 0.05) is 32.1 Å². The third-order valence-corrected chi connectivity index (χ3v) is 4.94. The molecule has 0 saturated heterocycles. The van der Waals surface area contributed by atoms with Crippen LogP contribution < -0.4 is 0 Å². The van der Waals surface area contributed by atoms with Crippen LogP contribution in [0, 0.1) is 6.92 Å². The lowest BCUT2D eigenvalue weighted by Crippen LogP contribution is -1.80. The van der Waals surface area contributed by atoms with Gasteiger partial charge in [-0.25, -0.2) is 0 Å². The van der Waals surface area contributed by atoms with E-state index in [0.29, 0.717) is 0 Å². The Bertz CT molecular complexity index is 995. The lowest BCUT2D eigenvalue weighted by atomic mass is 10.1. The molecule has 2 heterocycles. The van der Waals surface area contributed by atoms with Crippen molar-refractivity contribution >= 4 is 43.7 Å². The smallest absolute Gasteiger partial charge is 0.0378 e. The molecule has 2 aromatic carbocycles. The average molecular weight is 301 g/mol. The van der Waals surface area contributed by atoms with Gasteiger partial charge in [0.25, 0.3) is 0 Å². The van der Waals surface area contributed by atoms with E-state index in [-0.39, 0.29) is 0 Å². The molecule has 0 atom stereocenters. The molecule has 2 aromatic heterocycles. The maximum Gasteiger partial charge on any atom is 0.0378 e. The molecule has 0 saturated carbocycles. The molecule has 0 fully saturated rings. The highest BCUT2D eigenvalue weighted by Crippen LogP contribution is 2.34. The van der Waals surface area contributed by atoms with E-state index in [1.54, 1.807) is 0 Å². The number of rotatable bonds is 2. The molecule has 0 amide bonds. The molecular weight excluding hydrogens is 286 g/mol. The van der Waals surface area contributed by atoms with Crippen LogP contribution in [0.3, 0.4) is 0 Å². The lowest BCUT2D eigenvalue weighted by Gasteiger charge is -1.97. The Morgan fingerprint density at radius 1 is 0.818 bits per heavy atom. The molecule has 106 valence electrons. The first-order chi connectivity index (χ1) is 10.8. The average Bonchev–Trinajstić information content (AvgIpc) is 2.91. The van der Waals surface area contributed by atoms with Crippen LogP contribution >= 0.6 is 11.3 Å². The molecule has 0 bridgehead atoms. The summed E-state index contributed by atoms with van der Waals surface area (Å²) < 4.78 is 2.70. The fourth-order valence-corrected chi connectivity index (χ4v) is 3.80. The van der Waals surface area contributed by atoms with E-state index in [0.717, 1.165) is 5.69 Å². The number of nitrogens with zero attached hydrogens (tertiary/aromatic N) is 1. The Balaban J connectivity index is 1.77. The Hall–Kier alpha value is -2.45. The van der Waals surface area contributed by atoms with Crippen LogP contribution in [0.4, 0.5) is 0 Å². The van der Waals surface area contributed by atoms with Crippen molar-refractivity contribution in [1.29, 1.82) is 0 Å². The maximum absolute atomic E-state index is 4.23. The summed E-state index contributed by atoms with van der Waals surface area (Å²) in [6.07, 6.45) is 6.16. The largest absolute Gasteiger partial charge is 0.262 e. The number of hydrogen-bond donors (Lipinski definition) is 0. The van der Waals surface area contributed by atoms with Gasteiger partial charge < -0.3 is 0 Å². The number of pyridine rings is 1. The summed E-state index contributed by atoms with van der Waals surface area (Å²) >= 11 is 1.85. The number of benzene rings is 2. The molecule has 0 aliphatic rings. The van der Waals surface area contributed by atoms with E-state index < -0.39 is 0 Å². The van der Waals surface area contributed by atoms with Gasteiger partial charge in [-0.1, -0.05) is 36.4 Å². The zero-order valence-corrected chi connectivity index (χ0v) is 13.1. The second-order valence-corrected chi connectivity index (χ2v) is 6.50. The third kappa shape index (κ3) is 2.42. The summed E-state index contributed by atoms with van der Waals surface area (Å²) in [6.45, 7) is 2.01. The molecule has 0 spiro atoms. The van der Waals surface area contributed by atoms with Crippen molar-refractivity contribution in [3.63, 3.8) is 0 Å². The standard InChI is InChI=1S/C20H15NS/c1-14-12-16(10-11-21-14)7-6-15-8-9-20-18(13-15)17-4-2-3-5-19(17)22-20/h2-13H,1H3/b7-6+. The van der Waals surface area contributed by atoms with Crippen molar-refractivity contribution in [2.45, 2.75) is 6.92 Å². The minimum atomic E-state index is 1.04. The lowest BCUT2D eigenvalue weighted by molar-refractivity contribution is 1.20. The molecule has 4 rings (SSSR count). The van der Waals surface area contributed by atoms with E-state index in [4.69, 9.17) is 0 Å². The Labute approximate surface area is 133 Å². The van der Waals surface area contributed by atoms with E-state index in [2.05, 4.69) is 65.7 Å². The zero-order chi connectivity index (χ0) is 14.9. The van der Waals surface area contributed by atoms with Gasteiger partial charge in [-0.15, -0.1) is 11.3 Å². The van der Waals surface area contributed by atoms with Crippen LogP contribution in [-0.4, -0.2) is 4.98 Å². The van der Waals surface area contributed by atoms with Gasteiger partial charge in [0.2, 0.25) is 0 Å². The van der Waals surface area contributed by atoms with E-state index >= 15 is 0 Å². The normalized spacial score (nSPS) is 11.7. The Morgan fingerprint density at radius 2 is 1.59 bits per heavy atom. The fourth-order valence-electron chi connectivity index (χ4n) is 2.71. The summed E-state index contributed by atoms with van der Waals surface area (Å²) in [7, 11) is 0. The molecule has 2 heteroatoms. The van der Waals surface area contributed by atoms with Crippen molar-refractivity contribution in [1.82, 2.24) is 4.98 Å². The maximum atomic E-state index is 4.23. The first-order valence-corrected chi connectivity index (χ1v) is 8.13. The quantitative estimate of drug-likeness (QED) is 0.447. The summed E-state index contributed by atoms with van der Waals surface area (Å²) in [6, 6.07) is 19.4. The van der Waals surface area contributed by atoms with Crippen LogP contribution in [-0.2, 0) is 0 Å². The van der Waals surface area contributed by atoms with Crippen LogP contribution in [0.1, 0.15) is 16.8 Å². The molecule has 0 unspecified atom stereocenters. The fraction of sp³-hybridized carbons (Fsp3) is 0.0500. The van der Waals surface area contributed by atoms with Gasteiger partial charge in [-0.05, 0) is 48.4 Å². The summed E-state index contributed by atoms with van der Waals surface area (Å²) in [5, 5.41) is 2.69. The molecule has 4 aromatic rings. The van der Waals surface area contributed by atoms with Gasteiger partial charge in [0.1, 0.15) is 0 Å². The van der Waals surface area contributed by atoms with Crippen LogP contribution in [0.25, 0.3) is 32.3 Å². The van der Waals surface area contributed by atoms with Crippen LogP contribution in [0.15, 0.2) is 60.8 Å². The predicted molar refractivity (Wildman–Crippen MR) is 97.2 cm³/mol. The van der Waals surface area contributed by atoms with Gasteiger partial charge in [-0.3, -0.25) is 4.98 Å². The predicted octanol–water partition coefficient (Wildman–Crippen LogP) is 5.93.